The van der Waals surface area contributed by atoms with Crippen molar-refractivity contribution in [3.8, 4) is 0 Å². The Labute approximate surface area is 100 Å². The molecule has 86 valence electrons. The zero-order valence-corrected chi connectivity index (χ0v) is 9.65. The van der Waals surface area contributed by atoms with Crippen LogP contribution in [0.1, 0.15) is 18.1 Å². The average Bonchev–Trinajstić information content (AvgIpc) is 2.34. The molecule has 2 aromatic carbocycles. The third-order valence-corrected chi connectivity index (χ3v) is 2.70. The molecular weight excluding hydrogens is 213 g/mol. The van der Waals surface area contributed by atoms with Crippen LogP contribution in [-0.2, 0) is 0 Å². The van der Waals surface area contributed by atoms with E-state index in [-0.39, 0.29) is 5.82 Å². The molecule has 0 aliphatic carbocycles. The van der Waals surface area contributed by atoms with Crippen LogP contribution in [0.5, 0.6) is 0 Å². The van der Waals surface area contributed by atoms with E-state index in [0.717, 1.165) is 11.1 Å². The maximum atomic E-state index is 13.8. The summed E-state index contributed by atoms with van der Waals surface area (Å²) in [5.41, 5.74) is 8.84. The molecule has 0 radical (unpaired) electrons. The van der Waals surface area contributed by atoms with Gasteiger partial charge in [-0.1, -0.05) is 42.5 Å². The first-order chi connectivity index (χ1) is 8.24. The maximum absolute atomic E-state index is 13.8. The Hall–Kier alpha value is -2.09. The summed E-state index contributed by atoms with van der Waals surface area (Å²) in [6, 6.07) is 14.2. The van der Waals surface area contributed by atoms with Crippen molar-refractivity contribution < 1.29 is 4.39 Å². The highest BCUT2D eigenvalue weighted by Gasteiger charge is 2.10. The third-order valence-electron chi connectivity index (χ3n) is 2.70. The molecule has 0 spiro atoms. The van der Waals surface area contributed by atoms with Crippen molar-refractivity contribution in [3.63, 3.8) is 0 Å². The van der Waals surface area contributed by atoms with Gasteiger partial charge in [0.1, 0.15) is 5.82 Å². The van der Waals surface area contributed by atoms with Crippen LogP contribution in [0, 0.1) is 5.82 Å². The second kappa shape index (κ2) is 4.83. The Morgan fingerprint density at radius 2 is 1.59 bits per heavy atom. The molecule has 0 amide bonds. The minimum absolute atomic E-state index is 0.233. The summed E-state index contributed by atoms with van der Waals surface area (Å²) >= 11 is 0. The van der Waals surface area contributed by atoms with Crippen molar-refractivity contribution in [2.75, 3.05) is 5.73 Å². The smallest absolute Gasteiger partial charge is 0.131 e. The summed E-state index contributed by atoms with van der Waals surface area (Å²) in [4.78, 5) is 0. The van der Waals surface area contributed by atoms with Crippen LogP contribution in [0.15, 0.2) is 54.6 Å². The van der Waals surface area contributed by atoms with Crippen LogP contribution in [-0.4, -0.2) is 0 Å². The number of anilines is 1. The molecular formula is C15H14FN. The van der Waals surface area contributed by atoms with E-state index in [9.17, 15) is 4.39 Å². The van der Waals surface area contributed by atoms with E-state index in [1.54, 1.807) is 12.1 Å². The molecule has 0 atom stereocenters. The van der Waals surface area contributed by atoms with Crippen molar-refractivity contribution >= 4 is 11.3 Å². The van der Waals surface area contributed by atoms with Gasteiger partial charge in [0.05, 0.1) is 0 Å². The molecule has 17 heavy (non-hydrogen) atoms. The van der Waals surface area contributed by atoms with Crippen molar-refractivity contribution in [2.24, 2.45) is 0 Å². The molecule has 0 unspecified atom stereocenters. The number of para-hydroxylation sites is 1. The maximum Gasteiger partial charge on any atom is 0.131 e. The second-order valence-corrected chi connectivity index (χ2v) is 3.77. The molecule has 0 fully saturated rings. The lowest BCUT2D eigenvalue weighted by Gasteiger charge is -2.11. The number of nitrogen functional groups attached to an aromatic ring is 1. The average molecular weight is 227 g/mol. The normalized spacial score (nSPS) is 11.5. The van der Waals surface area contributed by atoms with Gasteiger partial charge in [0.25, 0.3) is 0 Å². The molecule has 0 aliphatic rings. The first kappa shape index (κ1) is 11.4. The van der Waals surface area contributed by atoms with Crippen molar-refractivity contribution in [1.82, 2.24) is 0 Å². The van der Waals surface area contributed by atoms with E-state index >= 15 is 0 Å². The molecule has 0 saturated heterocycles. The Kier molecular flexibility index (Phi) is 3.24. The molecule has 0 aliphatic heterocycles. The van der Waals surface area contributed by atoms with Gasteiger partial charge < -0.3 is 5.73 Å². The zero-order chi connectivity index (χ0) is 12.3. The molecule has 0 heterocycles. The van der Waals surface area contributed by atoms with Crippen LogP contribution in [0.3, 0.4) is 0 Å². The zero-order valence-electron chi connectivity index (χ0n) is 9.65. The Morgan fingerprint density at radius 3 is 2.18 bits per heavy atom. The van der Waals surface area contributed by atoms with Gasteiger partial charge in [-0.2, -0.15) is 0 Å². The SMILES string of the molecule is C/C=C(/c1ccccc1N)c1ccccc1F. The predicted molar refractivity (Wildman–Crippen MR) is 70.0 cm³/mol. The van der Waals surface area contributed by atoms with Crippen LogP contribution < -0.4 is 5.73 Å². The van der Waals surface area contributed by atoms with E-state index in [2.05, 4.69) is 0 Å². The highest BCUT2D eigenvalue weighted by atomic mass is 19.1. The van der Waals surface area contributed by atoms with Gasteiger partial charge in [0.15, 0.2) is 0 Å². The van der Waals surface area contributed by atoms with Crippen molar-refractivity contribution in [2.45, 2.75) is 6.92 Å². The highest BCUT2D eigenvalue weighted by molar-refractivity contribution is 5.85. The number of benzene rings is 2. The lowest BCUT2D eigenvalue weighted by molar-refractivity contribution is 0.624. The fraction of sp³-hybridized carbons (Fsp3) is 0.0667. The van der Waals surface area contributed by atoms with E-state index in [1.165, 1.54) is 6.07 Å². The molecule has 1 nitrogen and oxygen atoms in total. The summed E-state index contributed by atoms with van der Waals surface area (Å²) in [6.07, 6.45) is 1.88. The van der Waals surface area contributed by atoms with E-state index in [1.807, 2.05) is 43.3 Å². The third kappa shape index (κ3) is 2.21. The number of rotatable bonds is 2. The Bertz CT molecular complexity index is 511. The van der Waals surface area contributed by atoms with Gasteiger partial charge in [-0.15, -0.1) is 0 Å². The summed E-state index contributed by atoms with van der Waals surface area (Å²) in [6.45, 7) is 1.88. The molecule has 0 bridgehead atoms. The molecule has 0 aromatic heterocycles. The van der Waals surface area contributed by atoms with E-state index in [4.69, 9.17) is 5.73 Å². The minimum atomic E-state index is -0.233. The van der Waals surface area contributed by atoms with Gasteiger partial charge >= 0.3 is 0 Å². The highest BCUT2D eigenvalue weighted by Crippen LogP contribution is 2.29. The van der Waals surface area contributed by atoms with Crippen LogP contribution in [0.4, 0.5) is 10.1 Å². The first-order valence-corrected chi connectivity index (χ1v) is 5.50. The van der Waals surface area contributed by atoms with Gasteiger partial charge in [-0.25, -0.2) is 4.39 Å². The standard InChI is InChI=1S/C15H14FN/c1-2-11(12-7-3-5-9-14(12)16)13-8-4-6-10-15(13)17/h2-10H,17H2,1H3/b11-2+. The monoisotopic (exact) mass is 227 g/mol. The molecule has 2 N–H and O–H groups in total. The second-order valence-electron chi connectivity index (χ2n) is 3.77. The summed E-state index contributed by atoms with van der Waals surface area (Å²) < 4.78 is 13.8. The fourth-order valence-corrected chi connectivity index (χ4v) is 1.88. The molecule has 2 aromatic rings. The minimum Gasteiger partial charge on any atom is -0.398 e. The van der Waals surface area contributed by atoms with Gasteiger partial charge in [0.2, 0.25) is 0 Å². The van der Waals surface area contributed by atoms with Crippen molar-refractivity contribution in [3.05, 3.63) is 71.6 Å². The van der Waals surface area contributed by atoms with Crippen LogP contribution in [0.2, 0.25) is 0 Å². The number of hydrogen-bond donors (Lipinski definition) is 1. The largest absolute Gasteiger partial charge is 0.398 e. The summed E-state index contributed by atoms with van der Waals surface area (Å²) in [5, 5.41) is 0. The van der Waals surface area contributed by atoms with Crippen LogP contribution in [0.25, 0.3) is 5.57 Å². The number of allylic oxidation sites excluding steroid dienone is 1. The Balaban J connectivity index is 2.57. The lowest BCUT2D eigenvalue weighted by Crippen LogP contribution is -1.96. The fourth-order valence-electron chi connectivity index (χ4n) is 1.88. The number of nitrogens with two attached hydrogens (primary N) is 1. The predicted octanol–water partition coefficient (Wildman–Crippen LogP) is 3.86. The quantitative estimate of drug-likeness (QED) is 0.774. The van der Waals surface area contributed by atoms with Gasteiger partial charge in [-0.3, -0.25) is 0 Å². The topological polar surface area (TPSA) is 26.0 Å². The molecule has 0 saturated carbocycles. The summed E-state index contributed by atoms with van der Waals surface area (Å²) in [5.74, 6) is -0.233. The molecule has 2 rings (SSSR count). The van der Waals surface area contributed by atoms with Gasteiger partial charge in [0, 0.05) is 16.8 Å². The number of hydrogen-bond acceptors (Lipinski definition) is 1. The number of halogens is 1. The first-order valence-electron chi connectivity index (χ1n) is 5.50. The molecule has 2 heteroatoms. The Morgan fingerprint density at radius 1 is 1.00 bits per heavy atom. The lowest BCUT2D eigenvalue weighted by atomic mass is 9.96. The van der Waals surface area contributed by atoms with Crippen molar-refractivity contribution in [1.29, 1.82) is 0 Å². The van der Waals surface area contributed by atoms with Gasteiger partial charge in [-0.05, 0) is 24.6 Å². The van der Waals surface area contributed by atoms with Crippen LogP contribution >= 0.6 is 0 Å². The summed E-state index contributed by atoms with van der Waals surface area (Å²) in [7, 11) is 0. The van der Waals surface area contributed by atoms with E-state index < -0.39 is 0 Å². The van der Waals surface area contributed by atoms with E-state index in [0.29, 0.717) is 11.3 Å².